The minimum absolute atomic E-state index is 0.0952. The summed E-state index contributed by atoms with van der Waals surface area (Å²) in [6, 6.07) is 5.77. The molecule has 1 fully saturated rings. The Hall–Kier alpha value is -2.23. The monoisotopic (exact) mass is 271 g/mol. The van der Waals surface area contributed by atoms with Crippen molar-refractivity contribution in [3.63, 3.8) is 0 Å². The van der Waals surface area contributed by atoms with Gasteiger partial charge in [-0.15, -0.1) is 0 Å². The number of likely N-dealkylation sites (tertiary alicyclic amines) is 1. The zero-order valence-corrected chi connectivity index (χ0v) is 11.2. The Morgan fingerprint density at radius 3 is 2.75 bits per heavy atom. The second kappa shape index (κ2) is 5.82. The van der Waals surface area contributed by atoms with Crippen molar-refractivity contribution in [3.05, 3.63) is 42.0 Å². The molecule has 1 saturated heterocycles. The van der Waals surface area contributed by atoms with Gasteiger partial charge in [-0.3, -0.25) is 4.79 Å². The minimum Gasteiger partial charge on any atom is -0.454 e. The Bertz CT molecular complexity index is 557. The second-order valence-corrected chi connectivity index (χ2v) is 4.86. The average molecular weight is 271 g/mol. The summed E-state index contributed by atoms with van der Waals surface area (Å²) in [5, 5.41) is 0. The van der Waals surface area contributed by atoms with E-state index in [0.717, 1.165) is 43.0 Å². The van der Waals surface area contributed by atoms with Crippen LogP contribution in [0.25, 0.3) is 6.08 Å². The molecule has 0 spiro atoms. The van der Waals surface area contributed by atoms with Crippen LogP contribution in [0.15, 0.2) is 36.4 Å². The number of carbonyl (C=O) groups is 1. The number of allylic oxidation sites excluding steroid dienone is 2. The first-order chi connectivity index (χ1) is 9.83. The summed E-state index contributed by atoms with van der Waals surface area (Å²) in [6.45, 7) is 2.05. The van der Waals surface area contributed by atoms with Gasteiger partial charge in [0.15, 0.2) is 11.5 Å². The summed E-state index contributed by atoms with van der Waals surface area (Å²) in [6.07, 6.45) is 9.44. The van der Waals surface area contributed by atoms with Gasteiger partial charge in [0.2, 0.25) is 12.7 Å². The SMILES string of the molecule is O=C(/C=C\C=C\c1ccc2c(c1)OCO2)N1CCCC1. The zero-order chi connectivity index (χ0) is 13.8. The molecule has 2 heterocycles. The van der Waals surface area contributed by atoms with Crippen molar-refractivity contribution in [3.8, 4) is 11.5 Å². The maximum absolute atomic E-state index is 11.8. The third kappa shape index (κ3) is 2.85. The fraction of sp³-hybridized carbons (Fsp3) is 0.312. The summed E-state index contributed by atoms with van der Waals surface area (Å²) >= 11 is 0. The molecule has 1 aromatic rings. The van der Waals surface area contributed by atoms with Crippen LogP contribution in [-0.4, -0.2) is 30.7 Å². The first kappa shape index (κ1) is 12.8. The lowest BCUT2D eigenvalue weighted by molar-refractivity contribution is -0.124. The van der Waals surface area contributed by atoms with Gasteiger partial charge in [0.25, 0.3) is 0 Å². The van der Waals surface area contributed by atoms with Crippen molar-refractivity contribution in [2.24, 2.45) is 0 Å². The molecule has 20 heavy (non-hydrogen) atoms. The number of carbonyl (C=O) groups excluding carboxylic acids is 1. The number of hydrogen-bond acceptors (Lipinski definition) is 3. The van der Waals surface area contributed by atoms with E-state index >= 15 is 0 Å². The van der Waals surface area contributed by atoms with Crippen molar-refractivity contribution >= 4 is 12.0 Å². The fourth-order valence-corrected chi connectivity index (χ4v) is 2.36. The molecule has 1 aromatic carbocycles. The van der Waals surface area contributed by atoms with Crippen LogP contribution < -0.4 is 9.47 Å². The van der Waals surface area contributed by atoms with Gasteiger partial charge in [0.05, 0.1) is 0 Å². The van der Waals surface area contributed by atoms with Crippen molar-refractivity contribution in [1.29, 1.82) is 0 Å². The van der Waals surface area contributed by atoms with E-state index < -0.39 is 0 Å². The molecule has 0 saturated carbocycles. The third-order valence-corrected chi connectivity index (χ3v) is 3.45. The minimum atomic E-state index is 0.0952. The van der Waals surface area contributed by atoms with E-state index in [0.29, 0.717) is 0 Å². The van der Waals surface area contributed by atoms with E-state index in [9.17, 15) is 4.79 Å². The Balaban J connectivity index is 1.58. The summed E-state index contributed by atoms with van der Waals surface area (Å²) in [5.74, 6) is 1.64. The quantitative estimate of drug-likeness (QED) is 0.626. The lowest BCUT2D eigenvalue weighted by Crippen LogP contribution is -2.25. The number of fused-ring (bicyclic) bond motifs is 1. The van der Waals surface area contributed by atoms with Crippen LogP contribution in [0, 0.1) is 0 Å². The molecule has 0 N–H and O–H groups in total. The smallest absolute Gasteiger partial charge is 0.246 e. The normalized spacial score (nSPS) is 17.5. The molecule has 4 nitrogen and oxygen atoms in total. The molecule has 0 atom stereocenters. The molecule has 104 valence electrons. The van der Waals surface area contributed by atoms with Crippen molar-refractivity contribution in [2.75, 3.05) is 19.9 Å². The van der Waals surface area contributed by atoms with Gasteiger partial charge < -0.3 is 14.4 Å². The van der Waals surface area contributed by atoms with Crippen LogP contribution in [0.2, 0.25) is 0 Å². The van der Waals surface area contributed by atoms with Gasteiger partial charge in [-0.05, 0) is 30.5 Å². The molecule has 0 bridgehead atoms. The molecule has 0 aliphatic carbocycles. The van der Waals surface area contributed by atoms with Crippen molar-refractivity contribution in [1.82, 2.24) is 4.90 Å². The predicted molar refractivity (Wildman–Crippen MR) is 76.6 cm³/mol. The number of ether oxygens (including phenoxy) is 2. The van der Waals surface area contributed by atoms with Crippen LogP contribution in [-0.2, 0) is 4.79 Å². The van der Waals surface area contributed by atoms with Crippen LogP contribution in [0.4, 0.5) is 0 Å². The Labute approximate surface area is 118 Å². The Morgan fingerprint density at radius 2 is 1.90 bits per heavy atom. The topological polar surface area (TPSA) is 38.8 Å². The lowest BCUT2D eigenvalue weighted by atomic mass is 10.2. The van der Waals surface area contributed by atoms with Crippen LogP contribution in [0.5, 0.6) is 11.5 Å². The van der Waals surface area contributed by atoms with E-state index in [4.69, 9.17) is 9.47 Å². The first-order valence-corrected chi connectivity index (χ1v) is 6.86. The lowest BCUT2D eigenvalue weighted by Gasteiger charge is -2.11. The maximum atomic E-state index is 11.8. The van der Waals surface area contributed by atoms with Crippen molar-refractivity contribution < 1.29 is 14.3 Å². The van der Waals surface area contributed by atoms with Crippen molar-refractivity contribution in [2.45, 2.75) is 12.8 Å². The van der Waals surface area contributed by atoms with Gasteiger partial charge in [-0.25, -0.2) is 0 Å². The number of rotatable bonds is 3. The maximum Gasteiger partial charge on any atom is 0.246 e. The van der Waals surface area contributed by atoms with E-state index in [2.05, 4.69) is 0 Å². The van der Waals surface area contributed by atoms with E-state index in [1.54, 1.807) is 12.2 Å². The molecule has 0 radical (unpaired) electrons. The van der Waals surface area contributed by atoms with E-state index in [-0.39, 0.29) is 12.7 Å². The number of amides is 1. The molecule has 4 heteroatoms. The van der Waals surface area contributed by atoms with Gasteiger partial charge in [-0.1, -0.05) is 24.3 Å². The Kier molecular flexibility index (Phi) is 3.72. The average Bonchev–Trinajstić information content (AvgIpc) is 3.13. The first-order valence-electron chi connectivity index (χ1n) is 6.86. The second-order valence-electron chi connectivity index (χ2n) is 4.86. The summed E-state index contributed by atoms with van der Waals surface area (Å²) < 4.78 is 10.6. The summed E-state index contributed by atoms with van der Waals surface area (Å²) in [5.41, 5.74) is 1.02. The molecule has 0 aromatic heterocycles. The molecular formula is C16H17NO3. The Morgan fingerprint density at radius 1 is 1.10 bits per heavy atom. The zero-order valence-electron chi connectivity index (χ0n) is 11.2. The van der Waals surface area contributed by atoms with Crippen LogP contribution >= 0.6 is 0 Å². The van der Waals surface area contributed by atoms with Crippen LogP contribution in [0.3, 0.4) is 0 Å². The highest BCUT2D eigenvalue weighted by Crippen LogP contribution is 2.32. The number of benzene rings is 1. The largest absolute Gasteiger partial charge is 0.454 e. The number of hydrogen-bond donors (Lipinski definition) is 0. The highest BCUT2D eigenvalue weighted by Gasteiger charge is 2.14. The highest BCUT2D eigenvalue weighted by molar-refractivity contribution is 5.88. The molecule has 2 aliphatic heterocycles. The molecule has 0 unspecified atom stereocenters. The summed E-state index contributed by atoms with van der Waals surface area (Å²) in [4.78, 5) is 13.7. The third-order valence-electron chi connectivity index (χ3n) is 3.45. The highest BCUT2D eigenvalue weighted by atomic mass is 16.7. The molecule has 3 rings (SSSR count). The fourth-order valence-electron chi connectivity index (χ4n) is 2.36. The summed E-state index contributed by atoms with van der Waals surface area (Å²) in [7, 11) is 0. The molecule has 1 amide bonds. The van der Waals surface area contributed by atoms with Crippen LogP contribution in [0.1, 0.15) is 18.4 Å². The van der Waals surface area contributed by atoms with E-state index in [1.165, 1.54) is 0 Å². The number of nitrogens with zero attached hydrogens (tertiary/aromatic N) is 1. The van der Waals surface area contributed by atoms with Gasteiger partial charge in [0.1, 0.15) is 0 Å². The van der Waals surface area contributed by atoms with Gasteiger partial charge in [0, 0.05) is 19.2 Å². The standard InChI is InChI=1S/C16H17NO3/c18-16(17-9-3-4-10-17)6-2-1-5-13-7-8-14-15(11-13)20-12-19-14/h1-2,5-8,11H,3-4,9-10,12H2/b5-1+,6-2-. The predicted octanol–water partition coefficient (Wildman–Crippen LogP) is 2.61. The van der Waals surface area contributed by atoms with Gasteiger partial charge in [-0.2, -0.15) is 0 Å². The van der Waals surface area contributed by atoms with Gasteiger partial charge >= 0.3 is 0 Å². The molecule has 2 aliphatic rings. The van der Waals surface area contributed by atoms with E-state index in [1.807, 2.05) is 35.3 Å². The molecular weight excluding hydrogens is 254 g/mol.